The second-order valence-corrected chi connectivity index (χ2v) is 6.24. The molecule has 6 N–H and O–H groups in total. The number of carbonyl (C=O) groups excluding carboxylic acids is 1. The zero-order valence-electron chi connectivity index (χ0n) is 15.3. The van der Waals surface area contributed by atoms with Gasteiger partial charge in [0.2, 0.25) is 0 Å². The summed E-state index contributed by atoms with van der Waals surface area (Å²) in [6.45, 7) is 5.51. The highest BCUT2D eigenvalue weighted by Crippen LogP contribution is 2.27. The van der Waals surface area contributed by atoms with Crippen molar-refractivity contribution in [1.82, 2.24) is 4.98 Å². The average Bonchev–Trinajstić information content (AvgIpc) is 2.56. The summed E-state index contributed by atoms with van der Waals surface area (Å²) in [5, 5.41) is 5.92. The number of ether oxygens (including phenoxy) is 1. The highest BCUT2D eigenvalue weighted by atomic mass is 19.1. The Kier molecular flexibility index (Phi) is 5.99. The fourth-order valence-corrected chi connectivity index (χ4v) is 2.29. The third kappa shape index (κ3) is 4.60. The molecule has 2 rings (SSSR count). The minimum Gasteiger partial charge on any atom is -0.497 e. The van der Waals surface area contributed by atoms with Crippen molar-refractivity contribution in [2.75, 3.05) is 17.7 Å². The average molecular weight is 361 g/mol. The normalized spacial score (nSPS) is 13.0. The molecular weight excluding hydrogens is 337 g/mol. The molecule has 7 nitrogen and oxygen atoms in total. The molecule has 0 saturated heterocycles. The number of anilines is 3. The first-order valence-corrected chi connectivity index (χ1v) is 8.16. The number of hydrogen-bond donors (Lipinski definition) is 4. The van der Waals surface area contributed by atoms with Gasteiger partial charge in [-0.05, 0) is 44.5 Å². The van der Waals surface area contributed by atoms with Crippen LogP contribution >= 0.6 is 0 Å². The van der Waals surface area contributed by atoms with E-state index in [9.17, 15) is 9.18 Å². The molecule has 0 aliphatic heterocycles. The molecule has 0 saturated carbocycles. The lowest BCUT2D eigenvalue weighted by Crippen LogP contribution is -2.35. The van der Waals surface area contributed by atoms with Gasteiger partial charge in [-0.3, -0.25) is 4.79 Å². The standard InChI is InChI=1S/C18H24FN5O2/c1-9-5-12(7-13(6-9)26-4)23-17-14(16(21)25)8-15(19)18(24-17)22-11(3)10(2)20/h5-8,10-11H,20H2,1-4H3,(H2,21,25)(H2,22,23,24)/t10-,11+/m0/s1. The van der Waals surface area contributed by atoms with E-state index in [1.165, 1.54) is 0 Å². The van der Waals surface area contributed by atoms with Crippen molar-refractivity contribution in [1.29, 1.82) is 0 Å². The first-order valence-electron chi connectivity index (χ1n) is 8.16. The Balaban J connectivity index is 2.45. The number of aromatic nitrogens is 1. The third-order valence-corrected chi connectivity index (χ3v) is 3.94. The number of hydrogen-bond acceptors (Lipinski definition) is 6. The number of methoxy groups -OCH3 is 1. The second kappa shape index (κ2) is 8.01. The van der Waals surface area contributed by atoms with Gasteiger partial charge in [-0.25, -0.2) is 9.37 Å². The summed E-state index contributed by atoms with van der Waals surface area (Å²) in [4.78, 5) is 15.9. The van der Waals surface area contributed by atoms with Crippen molar-refractivity contribution in [2.45, 2.75) is 32.9 Å². The number of benzene rings is 1. The third-order valence-electron chi connectivity index (χ3n) is 3.94. The number of primary amides is 1. The monoisotopic (exact) mass is 361 g/mol. The number of carbonyl (C=O) groups is 1. The molecule has 140 valence electrons. The topological polar surface area (TPSA) is 115 Å². The number of pyridine rings is 1. The van der Waals surface area contributed by atoms with Gasteiger partial charge in [-0.1, -0.05) is 0 Å². The number of nitrogens with one attached hydrogen (secondary N) is 2. The number of halogens is 1. The van der Waals surface area contributed by atoms with Gasteiger partial charge < -0.3 is 26.8 Å². The first-order chi connectivity index (χ1) is 12.2. The summed E-state index contributed by atoms with van der Waals surface area (Å²) in [5.74, 6) is -0.698. The van der Waals surface area contributed by atoms with E-state index < -0.39 is 11.7 Å². The van der Waals surface area contributed by atoms with Crippen LogP contribution in [0.1, 0.15) is 29.8 Å². The molecule has 1 amide bonds. The zero-order chi connectivity index (χ0) is 19.4. The quantitative estimate of drug-likeness (QED) is 0.602. The Morgan fingerprint density at radius 1 is 1.23 bits per heavy atom. The zero-order valence-corrected chi connectivity index (χ0v) is 15.3. The van der Waals surface area contributed by atoms with Crippen LogP contribution in [-0.2, 0) is 0 Å². The Morgan fingerprint density at radius 3 is 2.50 bits per heavy atom. The number of aryl methyl sites for hydroxylation is 1. The van der Waals surface area contributed by atoms with Gasteiger partial charge in [0.1, 0.15) is 11.6 Å². The Morgan fingerprint density at radius 2 is 1.92 bits per heavy atom. The minimum atomic E-state index is -0.787. The van der Waals surface area contributed by atoms with Crippen LogP contribution in [0.4, 0.5) is 21.7 Å². The van der Waals surface area contributed by atoms with Crippen LogP contribution in [0.2, 0.25) is 0 Å². The molecule has 0 bridgehead atoms. The fraction of sp³-hybridized carbons (Fsp3) is 0.333. The molecule has 8 heteroatoms. The van der Waals surface area contributed by atoms with Crippen molar-refractivity contribution < 1.29 is 13.9 Å². The predicted octanol–water partition coefficient (Wildman–Crippen LogP) is 2.53. The van der Waals surface area contributed by atoms with Gasteiger partial charge in [-0.2, -0.15) is 0 Å². The molecule has 1 aromatic heterocycles. The van der Waals surface area contributed by atoms with Crippen molar-refractivity contribution in [2.24, 2.45) is 11.5 Å². The fourth-order valence-electron chi connectivity index (χ4n) is 2.29. The van der Waals surface area contributed by atoms with Crippen LogP contribution in [0.3, 0.4) is 0 Å². The SMILES string of the molecule is COc1cc(C)cc(Nc2nc(N[C@H](C)[C@H](C)N)c(F)cc2C(N)=O)c1. The molecular formula is C18H24FN5O2. The van der Waals surface area contributed by atoms with E-state index in [2.05, 4.69) is 15.6 Å². The highest BCUT2D eigenvalue weighted by molar-refractivity contribution is 5.98. The molecule has 2 aromatic rings. The maximum Gasteiger partial charge on any atom is 0.252 e. The maximum absolute atomic E-state index is 14.3. The van der Waals surface area contributed by atoms with Crippen molar-refractivity contribution >= 4 is 23.2 Å². The Hall–Kier alpha value is -2.87. The van der Waals surface area contributed by atoms with Crippen LogP contribution in [0.5, 0.6) is 5.75 Å². The van der Waals surface area contributed by atoms with E-state index in [4.69, 9.17) is 16.2 Å². The smallest absolute Gasteiger partial charge is 0.252 e. The number of nitrogens with zero attached hydrogens (tertiary/aromatic N) is 1. The first kappa shape index (κ1) is 19.5. The summed E-state index contributed by atoms with van der Waals surface area (Å²) in [6, 6.07) is 6.06. The number of nitrogens with two attached hydrogens (primary N) is 2. The van der Waals surface area contributed by atoms with E-state index in [1.807, 2.05) is 26.0 Å². The van der Waals surface area contributed by atoms with Crippen LogP contribution in [-0.4, -0.2) is 30.1 Å². The van der Waals surface area contributed by atoms with E-state index in [0.717, 1.165) is 11.6 Å². The van der Waals surface area contributed by atoms with Crippen LogP contribution in [0.15, 0.2) is 24.3 Å². The van der Waals surface area contributed by atoms with Gasteiger partial charge in [0.15, 0.2) is 11.6 Å². The van der Waals surface area contributed by atoms with E-state index in [0.29, 0.717) is 11.4 Å². The molecule has 26 heavy (non-hydrogen) atoms. The Bertz CT molecular complexity index is 810. The van der Waals surface area contributed by atoms with E-state index >= 15 is 0 Å². The predicted molar refractivity (Wildman–Crippen MR) is 100 cm³/mol. The molecule has 0 aliphatic carbocycles. The van der Waals surface area contributed by atoms with E-state index in [1.54, 1.807) is 20.1 Å². The summed E-state index contributed by atoms with van der Waals surface area (Å²) in [7, 11) is 1.56. The van der Waals surface area contributed by atoms with Crippen LogP contribution < -0.4 is 26.8 Å². The molecule has 0 radical (unpaired) electrons. The lowest BCUT2D eigenvalue weighted by molar-refractivity contribution is 0.100. The maximum atomic E-state index is 14.3. The summed E-state index contributed by atoms with van der Waals surface area (Å²) < 4.78 is 19.5. The van der Waals surface area contributed by atoms with Gasteiger partial charge in [-0.15, -0.1) is 0 Å². The van der Waals surface area contributed by atoms with Crippen LogP contribution in [0.25, 0.3) is 0 Å². The van der Waals surface area contributed by atoms with Crippen molar-refractivity contribution in [3.8, 4) is 5.75 Å². The van der Waals surface area contributed by atoms with Gasteiger partial charge in [0.25, 0.3) is 5.91 Å². The van der Waals surface area contributed by atoms with Crippen LogP contribution in [0, 0.1) is 12.7 Å². The van der Waals surface area contributed by atoms with Gasteiger partial charge in [0, 0.05) is 23.8 Å². The van der Waals surface area contributed by atoms with Crippen molar-refractivity contribution in [3.63, 3.8) is 0 Å². The summed E-state index contributed by atoms with van der Waals surface area (Å²) in [5.41, 5.74) is 12.7. The molecule has 1 heterocycles. The lowest BCUT2D eigenvalue weighted by Gasteiger charge is -2.20. The van der Waals surface area contributed by atoms with Crippen molar-refractivity contribution in [3.05, 3.63) is 41.2 Å². The summed E-state index contributed by atoms with van der Waals surface area (Å²) >= 11 is 0. The molecule has 0 fully saturated rings. The van der Waals surface area contributed by atoms with Gasteiger partial charge in [0.05, 0.1) is 12.7 Å². The highest BCUT2D eigenvalue weighted by Gasteiger charge is 2.18. The number of amides is 1. The lowest BCUT2D eigenvalue weighted by atomic mass is 10.1. The minimum absolute atomic E-state index is 0.0121. The molecule has 2 atom stereocenters. The van der Waals surface area contributed by atoms with E-state index in [-0.39, 0.29) is 29.3 Å². The molecule has 0 spiro atoms. The molecule has 0 aliphatic rings. The van der Waals surface area contributed by atoms with Gasteiger partial charge >= 0.3 is 0 Å². The largest absolute Gasteiger partial charge is 0.497 e. The summed E-state index contributed by atoms with van der Waals surface area (Å²) in [6.07, 6.45) is 0. The molecule has 0 unspecified atom stereocenters. The Labute approximate surface area is 151 Å². The molecule has 1 aromatic carbocycles. The second-order valence-electron chi connectivity index (χ2n) is 6.24. The number of rotatable bonds is 7.